The van der Waals surface area contributed by atoms with Gasteiger partial charge in [0.05, 0.1) is 24.6 Å². The Bertz CT molecular complexity index is 790. The zero-order valence-electron chi connectivity index (χ0n) is 13.8. The Morgan fingerprint density at radius 3 is 2.64 bits per heavy atom. The highest BCUT2D eigenvalue weighted by Crippen LogP contribution is 2.34. The SMILES string of the molecule is COC(=O)c1ccc(-c2nc(C3CCC(F)CC3)cnc2N)cc1F. The molecule has 1 aromatic heterocycles. The van der Waals surface area contributed by atoms with Crippen molar-refractivity contribution in [3.8, 4) is 11.3 Å². The molecule has 0 bridgehead atoms. The average Bonchev–Trinajstić information content (AvgIpc) is 2.62. The Labute approximate surface area is 144 Å². The first-order chi connectivity index (χ1) is 12.0. The van der Waals surface area contributed by atoms with Gasteiger partial charge in [0.25, 0.3) is 0 Å². The van der Waals surface area contributed by atoms with Crippen LogP contribution in [0.3, 0.4) is 0 Å². The summed E-state index contributed by atoms with van der Waals surface area (Å²) < 4.78 is 32.0. The maximum atomic E-state index is 14.2. The number of rotatable bonds is 3. The molecule has 2 aromatic rings. The van der Waals surface area contributed by atoms with Gasteiger partial charge in [-0.1, -0.05) is 6.07 Å². The van der Waals surface area contributed by atoms with Crippen LogP contribution in [-0.2, 0) is 4.74 Å². The summed E-state index contributed by atoms with van der Waals surface area (Å²) in [6.07, 6.45) is 3.27. The Morgan fingerprint density at radius 1 is 1.28 bits per heavy atom. The third-order valence-corrected chi connectivity index (χ3v) is 4.54. The highest BCUT2D eigenvalue weighted by atomic mass is 19.1. The minimum absolute atomic E-state index is 0.123. The number of esters is 1. The highest BCUT2D eigenvalue weighted by molar-refractivity contribution is 5.90. The third-order valence-electron chi connectivity index (χ3n) is 4.54. The number of nitrogens with zero attached hydrogens (tertiary/aromatic N) is 2. The second-order valence-corrected chi connectivity index (χ2v) is 6.16. The van der Waals surface area contributed by atoms with Gasteiger partial charge in [-0.15, -0.1) is 0 Å². The van der Waals surface area contributed by atoms with Gasteiger partial charge in [-0.25, -0.2) is 23.5 Å². The monoisotopic (exact) mass is 347 g/mol. The van der Waals surface area contributed by atoms with E-state index in [0.717, 1.165) is 5.69 Å². The van der Waals surface area contributed by atoms with E-state index in [0.29, 0.717) is 36.9 Å². The zero-order valence-corrected chi connectivity index (χ0v) is 13.8. The number of halogens is 2. The Kier molecular flexibility index (Phi) is 4.92. The summed E-state index contributed by atoms with van der Waals surface area (Å²) in [5.74, 6) is -1.17. The molecule has 1 aromatic carbocycles. The fourth-order valence-electron chi connectivity index (χ4n) is 3.11. The molecule has 132 valence electrons. The van der Waals surface area contributed by atoms with Crippen molar-refractivity contribution in [3.63, 3.8) is 0 Å². The van der Waals surface area contributed by atoms with Crippen LogP contribution in [-0.4, -0.2) is 29.2 Å². The number of aromatic nitrogens is 2. The molecule has 1 fully saturated rings. The molecular formula is C18H19F2N3O2. The molecule has 5 nitrogen and oxygen atoms in total. The van der Waals surface area contributed by atoms with E-state index in [1.165, 1.54) is 19.2 Å². The standard InChI is InChI=1S/C18H19F2N3O2/c1-25-18(24)13-7-4-11(8-14(13)20)16-17(21)22-9-15(23-16)10-2-5-12(19)6-3-10/h4,7-10,12H,2-3,5-6H2,1H3,(H2,21,22). The first-order valence-electron chi connectivity index (χ1n) is 8.14. The number of nitrogen functional groups attached to an aromatic ring is 1. The number of carbonyl (C=O) groups is 1. The highest BCUT2D eigenvalue weighted by Gasteiger charge is 2.24. The van der Waals surface area contributed by atoms with Crippen molar-refractivity contribution in [2.45, 2.75) is 37.8 Å². The quantitative estimate of drug-likeness (QED) is 0.858. The fraction of sp³-hybridized carbons (Fsp3) is 0.389. The molecule has 3 rings (SSSR count). The molecule has 0 radical (unpaired) electrons. The lowest BCUT2D eigenvalue weighted by atomic mass is 9.86. The van der Waals surface area contributed by atoms with Crippen molar-refractivity contribution in [1.29, 1.82) is 0 Å². The maximum absolute atomic E-state index is 14.2. The molecule has 0 saturated heterocycles. The second kappa shape index (κ2) is 7.13. The zero-order chi connectivity index (χ0) is 18.0. The number of methoxy groups -OCH3 is 1. The number of benzene rings is 1. The van der Waals surface area contributed by atoms with Crippen molar-refractivity contribution in [2.75, 3.05) is 12.8 Å². The summed E-state index contributed by atoms with van der Waals surface area (Å²) in [5, 5.41) is 0. The number of nitrogens with two attached hydrogens (primary N) is 1. The van der Waals surface area contributed by atoms with Gasteiger partial charge in [-0.2, -0.15) is 0 Å². The minimum Gasteiger partial charge on any atom is -0.465 e. The molecule has 0 unspecified atom stereocenters. The first-order valence-corrected chi connectivity index (χ1v) is 8.14. The smallest absolute Gasteiger partial charge is 0.340 e. The number of hydrogen-bond acceptors (Lipinski definition) is 5. The predicted molar refractivity (Wildman–Crippen MR) is 89.3 cm³/mol. The summed E-state index contributed by atoms with van der Waals surface area (Å²) in [6.45, 7) is 0. The second-order valence-electron chi connectivity index (χ2n) is 6.16. The number of carbonyl (C=O) groups excluding carboxylic acids is 1. The normalized spacial score (nSPS) is 20.3. The van der Waals surface area contributed by atoms with Gasteiger partial charge in [0, 0.05) is 11.5 Å². The van der Waals surface area contributed by atoms with Crippen LogP contribution in [0.1, 0.15) is 47.7 Å². The molecule has 25 heavy (non-hydrogen) atoms. The van der Waals surface area contributed by atoms with Gasteiger partial charge in [0.1, 0.15) is 23.5 Å². The van der Waals surface area contributed by atoms with Crippen LogP contribution in [0, 0.1) is 5.82 Å². The lowest BCUT2D eigenvalue weighted by Crippen LogP contribution is -2.15. The molecule has 1 aliphatic rings. The van der Waals surface area contributed by atoms with E-state index in [9.17, 15) is 13.6 Å². The van der Waals surface area contributed by atoms with E-state index in [-0.39, 0.29) is 17.3 Å². The number of alkyl halides is 1. The van der Waals surface area contributed by atoms with E-state index < -0.39 is 18.0 Å². The van der Waals surface area contributed by atoms with Crippen molar-refractivity contribution in [2.24, 2.45) is 0 Å². The van der Waals surface area contributed by atoms with E-state index in [4.69, 9.17) is 5.73 Å². The summed E-state index contributed by atoms with van der Waals surface area (Å²) in [7, 11) is 1.19. The van der Waals surface area contributed by atoms with E-state index in [1.54, 1.807) is 12.3 Å². The maximum Gasteiger partial charge on any atom is 0.340 e. The summed E-state index contributed by atoms with van der Waals surface area (Å²) >= 11 is 0. The third kappa shape index (κ3) is 3.60. The molecule has 0 spiro atoms. The average molecular weight is 347 g/mol. The van der Waals surface area contributed by atoms with Crippen molar-refractivity contribution >= 4 is 11.8 Å². The first kappa shape index (κ1) is 17.3. The molecule has 0 atom stereocenters. The van der Waals surface area contributed by atoms with Gasteiger partial charge >= 0.3 is 5.97 Å². The van der Waals surface area contributed by atoms with Crippen molar-refractivity contribution in [3.05, 3.63) is 41.5 Å². The van der Waals surface area contributed by atoms with Crippen molar-refractivity contribution in [1.82, 2.24) is 9.97 Å². The van der Waals surface area contributed by atoms with E-state index in [2.05, 4.69) is 14.7 Å². The van der Waals surface area contributed by atoms with Gasteiger partial charge in [0.15, 0.2) is 0 Å². The van der Waals surface area contributed by atoms with Gasteiger partial charge < -0.3 is 10.5 Å². The topological polar surface area (TPSA) is 78.1 Å². The molecule has 1 aliphatic carbocycles. The van der Waals surface area contributed by atoms with Crippen LogP contribution in [0.15, 0.2) is 24.4 Å². The molecule has 0 aliphatic heterocycles. The largest absolute Gasteiger partial charge is 0.465 e. The van der Waals surface area contributed by atoms with Crippen LogP contribution in [0.2, 0.25) is 0 Å². The van der Waals surface area contributed by atoms with Crippen LogP contribution >= 0.6 is 0 Å². The predicted octanol–water partition coefficient (Wildman–Crippen LogP) is 3.65. The van der Waals surface area contributed by atoms with Gasteiger partial charge in [0.2, 0.25) is 0 Å². The number of anilines is 1. The summed E-state index contributed by atoms with van der Waals surface area (Å²) in [4.78, 5) is 20.2. The molecule has 1 saturated carbocycles. The summed E-state index contributed by atoms with van der Waals surface area (Å²) in [6, 6.07) is 4.07. The van der Waals surface area contributed by atoms with E-state index >= 15 is 0 Å². The molecule has 2 N–H and O–H groups in total. The molecule has 1 heterocycles. The fourth-order valence-corrected chi connectivity index (χ4v) is 3.11. The molecular weight excluding hydrogens is 328 g/mol. The minimum atomic E-state index is -0.752. The molecule has 0 amide bonds. The van der Waals surface area contributed by atoms with Crippen LogP contribution in [0.25, 0.3) is 11.3 Å². The van der Waals surface area contributed by atoms with Crippen molar-refractivity contribution < 1.29 is 18.3 Å². The van der Waals surface area contributed by atoms with Crippen LogP contribution in [0.4, 0.5) is 14.6 Å². The lowest BCUT2D eigenvalue weighted by molar-refractivity contribution is 0.0595. The van der Waals surface area contributed by atoms with E-state index in [1.807, 2.05) is 0 Å². The van der Waals surface area contributed by atoms with Gasteiger partial charge in [-0.3, -0.25) is 0 Å². The number of ether oxygens (including phenoxy) is 1. The Balaban J connectivity index is 1.93. The van der Waals surface area contributed by atoms with Crippen LogP contribution < -0.4 is 5.73 Å². The Hall–Kier alpha value is -2.57. The summed E-state index contributed by atoms with van der Waals surface area (Å²) in [5.41, 5.74) is 7.26. The van der Waals surface area contributed by atoms with Gasteiger partial charge in [-0.05, 0) is 37.8 Å². The Morgan fingerprint density at radius 2 is 2.00 bits per heavy atom. The number of hydrogen-bond donors (Lipinski definition) is 1. The molecule has 7 heteroatoms. The van der Waals surface area contributed by atoms with Crippen LogP contribution in [0.5, 0.6) is 0 Å². The lowest BCUT2D eigenvalue weighted by Gasteiger charge is -2.24.